The van der Waals surface area contributed by atoms with Crippen LogP contribution in [0, 0.1) is 5.92 Å². The molecule has 0 aliphatic carbocycles. The smallest absolute Gasteiger partial charge is 0.308 e. The molecule has 5 rings (SSSR count). The number of carbonyl (C=O) groups is 3. The summed E-state index contributed by atoms with van der Waals surface area (Å²) >= 11 is 6.03. The third kappa shape index (κ3) is 3.73. The molecule has 33 heavy (non-hydrogen) atoms. The number of pyridine rings is 1. The first kappa shape index (κ1) is 21.1. The Hall–Kier alpha value is -3.75. The zero-order valence-corrected chi connectivity index (χ0v) is 18.2. The third-order valence-corrected chi connectivity index (χ3v) is 5.85. The van der Waals surface area contributed by atoms with E-state index in [-0.39, 0.29) is 5.91 Å². The predicted octanol–water partition coefficient (Wildman–Crippen LogP) is 3.71. The number of amides is 2. The first-order valence-electron chi connectivity index (χ1n) is 10.2. The Morgan fingerprint density at radius 3 is 2.21 bits per heavy atom. The van der Waals surface area contributed by atoms with Gasteiger partial charge in [-0.15, -0.1) is 0 Å². The molecule has 3 aromatic rings. The number of rotatable bonds is 4. The van der Waals surface area contributed by atoms with Crippen molar-refractivity contribution < 1.29 is 24.0 Å². The van der Waals surface area contributed by atoms with Crippen LogP contribution >= 0.6 is 11.6 Å². The highest BCUT2D eigenvalue weighted by molar-refractivity contribution is 6.30. The number of fused-ring (bicyclic) bond motifs is 1. The maximum Gasteiger partial charge on any atom is 0.308 e. The number of anilines is 2. The minimum atomic E-state index is -0.987. The fourth-order valence-corrected chi connectivity index (χ4v) is 4.34. The van der Waals surface area contributed by atoms with Crippen LogP contribution in [0.15, 0.2) is 73.1 Å². The topological polar surface area (TPSA) is 89.0 Å². The first-order valence-corrected chi connectivity index (χ1v) is 10.6. The second-order valence-electron chi connectivity index (χ2n) is 7.68. The van der Waals surface area contributed by atoms with Gasteiger partial charge in [0.1, 0.15) is 11.7 Å². The second kappa shape index (κ2) is 8.31. The van der Waals surface area contributed by atoms with Crippen LogP contribution in [0.25, 0.3) is 0 Å². The summed E-state index contributed by atoms with van der Waals surface area (Å²) in [6.07, 6.45) is 2.28. The van der Waals surface area contributed by atoms with E-state index >= 15 is 0 Å². The lowest BCUT2D eigenvalue weighted by atomic mass is 9.91. The van der Waals surface area contributed by atoms with Gasteiger partial charge in [0.2, 0.25) is 5.91 Å². The fraction of sp³-hybridized carbons (Fsp3) is 0.167. The maximum atomic E-state index is 13.6. The van der Waals surface area contributed by atoms with Crippen LogP contribution in [0.2, 0.25) is 5.02 Å². The van der Waals surface area contributed by atoms with E-state index in [4.69, 9.17) is 21.2 Å². The molecule has 0 bridgehead atoms. The number of hydroxylamine groups is 1. The van der Waals surface area contributed by atoms with E-state index < -0.39 is 29.9 Å². The van der Waals surface area contributed by atoms with Gasteiger partial charge in [-0.05, 0) is 66.2 Å². The van der Waals surface area contributed by atoms with Crippen molar-refractivity contribution in [3.63, 3.8) is 0 Å². The molecule has 3 heterocycles. The van der Waals surface area contributed by atoms with E-state index in [2.05, 4.69) is 4.98 Å². The SMILES string of the molecule is CC(=O)Oc1ccc(N2C(=O)[C@H]3[C@@H](ON(c4ccc(Cl)cc4)[C@H]3c3ccncc3)C2=O)cc1. The molecular weight excluding hydrogens is 446 g/mol. The number of ether oxygens (including phenoxy) is 1. The lowest BCUT2D eigenvalue weighted by Gasteiger charge is -2.28. The van der Waals surface area contributed by atoms with Gasteiger partial charge in [0.05, 0.1) is 17.4 Å². The van der Waals surface area contributed by atoms with Gasteiger partial charge in [-0.3, -0.25) is 24.2 Å². The van der Waals surface area contributed by atoms with Crippen LogP contribution in [0.4, 0.5) is 11.4 Å². The summed E-state index contributed by atoms with van der Waals surface area (Å²) in [6, 6.07) is 16.2. The first-order chi connectivity index (χ1) is 15.9. The number of benzene rings is 2. The molecular formula is C24H18ClN3O5. The summed E-state index contributed by atoms with van der Waals surface area (Å²) in [7, 11) is 0. The van der Waals surface area contributed by atoms with Gasteiger partial charge in [0.25, 0.3) is 5.91 Å². The van der Waals surface area contributed by atoms with Crippen LogP contribution in [0.3, 0.4) is 0 Å². The molecule has 2 aliphatic heterocycles. The van der Waals surface area contributed by atoms with Crippen LogP contribution < -0.4 is 14.7 Å². The zero-order valence-electron chi connectivity index (χ0n) is 17.4. The third-order valence-electron chi connectivity index (χ3n) is 5.60. The minimum absolute atomic E-state index is 0.324. The molecule has 9 heteroatoms. The average Bonchev–Trinajstić information content (AvgIpc) is 3.31. The molecule has 0 unspecified atom stereocenters. The van der Waals surface area contributed by atoms with Gasteiger partial charge in [0, 0.05) is 24.3 Å². The summed E-state index contributed by atoms with van der Waals surface area (Å²) in [4.78, 5) is 49.3. The van der Waals surface area contributed by atoms with Crippen LogP contribution in [-0.4, -0.2) is 28.9 Å². The molecule has 0 N–H and O–H groups in total. The van der Waals surface area contributed by atoms with Gasteiger partial charge >= 0.3 is 5.97 Å². The molecule has 8 nitrogen and oxygen atoms in total. The van der Waals surface area contributed by atoms with E-state index in [1.54, 1.807) is 66.0 Å². The number of halogens is 1. The molecule has 2 aliphatic rings. The van der Waals surface area contributed by atoms with E-state index in [1.807, 2.05) is 0 Å². The van der Waals surface area contributed by atoms with Crippen molar-refractivity contribution in [2.24, 2.45) is 5.92 Å². The Morgan fingerprint density at radius 1 is 0.939 bits per heavy atom. The van der Waals surface area contributed by atoms with E-state index in [9.17, 15) is 14.4 Å². The summed E-state index contributed by atoms with van der Waals surface area (Å²) in [6.45, 7) is 1.30. The standard InChI is InChI=1S/C24H18ClN3O5/c1-14(29)32-19-8-6-17(7-9-19)27-23(30)20-21(15-10-12-26-13-11-15)28(33-22(20)24(27)31)18-4-2-16(25)3-5-18/h2-13,20-22H,1H3/t20-,21+,22-/m1/s1. The molecule has 2 saturated heterocycles. The highest BCUT2D eigenvalue weighted by Gasteiger charge is 2.60. The summed E-state index contributed by atoms with van der Waals surface area (Å²) in [5.41, 5.74) is 1.85. The largest absolute Gasteiger partial charge is 0.427 e. The van der Waals surface area contributed by atoms with Gasteiger partial charge in [0.15, 0.2) is 6.10 Å². The Kier molecular flexibility index (Phi) is 5.32. The van der Waals surface area contributed by atoms with Crippen LogP contribution in [0.5, 0.6) is 5.75 Å². The Balaban J connectivity index is 1.51. The van der Waals surface area contributed by atoms with Gasteiger partial charge in [-0.25, -0.2) is 9.96 Å². The Labute approximate surface area is 194 Å². The van der Waals surface area contributed by atoms with Gasteiger partial charge in [-0.1, -0.05) is 11.6 Å². The number of esters is 1. The van der Waals surface area contributed by atoms with Crippen molar-refractivity contribution in [1.82, 2.24) is 4.98 Å². The fourth-order valence-electron chi connectivity index (χ4n) is 4.21. The van der Waals surface area contributed by atoms with Gasteiger partial charge < -0.3 is 4.74 Å². The number of carbonyl (C=O) groups excluding carboxylic acids is 3. The summed E-state index contributed by atoms with van der Waals surface area (Å²) < 4.78 is 5.03. The molecule has 1 aromatic heterocycles. The number of hydrogen-bond donors (Lipinski definition) is 0. The van der Waals surface area contributed by atoms with E-state index in [1.165, 1.54) is 19.1 Å². The Morgan fingerprint density at radius 2 is 1.58 bits per heavy atom. The molecule has 2 fully saturated rings. The summed E-state index contributed by atoms with van der Waals surface area (Å²) in [5.74, 6) is -1.72. The zero-order chi connectivity index (χ0) is 23.1. The lowest BCUT2D eigenvalue weighted by Crippen LogP contribution is -2.37. The van der Waals surface area contributed by atoms with Crippen molar-refractivity contribution >= 4 is 40.8 Å². The minimum Gasteiger partial charge on any atom is -0.427 e. The van der Waals surface area contributed by atoms with Crippen molar-refractivity contribution in [3.8, 4) is 5.75 Å². The quantitative estimate of drug-likeness (QED) is 0.331. The molecule has 0 saturated carbocycles. The molecule has 0 radical (unpaired) electrons. The highest BCUT2D eigenvalue weighted by Crippen LogP contribution is 2.47. The van der Waals surface area contributed by atoms with Crippen molar-refractivity contribution in [3.05, 3.63) is 83.6 Å². The lowest BCUT2D eigenvalue weighted by molar-refractivity contribution is -0.132. The number of imide groups is 1. The Bertz CT molecular complexity index is 1220. The molecule has 2 aromatic carbocycles. The maximum absolute atomic E-state index is 13.6. The van der Waals surface area contributed by atoms with Crippen molar-refractivity contribution in [2.75, 3.05) is 9.96 Å². The monoisotopic (exact) mass is 463 g/mol. The molecule has 0 spiro atoms. The van der Waals surface area contributed by atoms with Crippen LogP contribution in [-0.2, 0) is 19.2 Å². The van der Waals surface area contributed by atoms with E-state index in [0.717, 1.165) is 10.5 Å². The summed E-state index contributed by atoms with van der Waals surface area (Å²) in [5, 5.41) is 2.16. The van der Waals surface area contributed by atoms with Crippen LogP contribution in [0.1, 0.15) is 18.5 Å². The average molecular weight is 464 g/mol. The number of hydrogen-bond acceptors (Lipinski definition) is 7. The number of aromatic nitrogens is 1. The molecule has 3 atom stereocenters. The normalized spacial score (nSPS) is 21.9. The molecule has 166 valence electrons. The van der Waals surface area contributed by atoms with Gasteiger partial charge in [-0.2, -0.15) is 0 Å². The number of nitrogens with zero attached hydrogens (tertiary/aromatic N) is 3. The van der Waals surface area contributed by atoms with E-state index in [0.29, 0.717) is 22.1 Å². The van der Waals surface area contributed by atoms with Crippen molar-refractivity contribution in [2.45, 2.75) is 19.1 Å². The predicted molar refractivity (Wildman–Crippen MR) is 120 cm³/mol. The van der Waals surface area contributed by atoms with Crippen molar-refractivity contribution in [1.29, 1.82) is 0 Å². The molecule has 2 amide bonds. The second-order valence-corrected chi connectivity index (χ2v) is 8.12. The highest BCUT2D eigenvalue weighted by atomic mass is 35.5.